The zero-order chi connectivity index (χ0) is 19.4. The number of likely N-dealkylation sites (N-methyl/N-ethyl adjacent to an activating group) is 1. The number of nitrogens with zero attached hydrogens (tertiary/aromatic N) is 1. The van der Waals surface area contributed by atoms with Crippen LogP contribution in [0.1, 0.15) is 58.8 Å². The Balaban J connectivity index is 1.64. The van der Waals surface area contributed by atoms with Gasteiger partial charge in [0.1, 0.15) is 5.60 Å². The Morgan fingerprint density at radius 3 is 2.70 bits per heavy atom. The first-order chi connectivity index (χ1) is 12.8. The van der Waals surface area contributed by atoms with E-state index in [0.717, 1.165) is 43.0 Å². The molecule has 1 N–H and O–H groups in total. The number of fused-ring (bicyclic) bond motifs is 5. The van der Waals surface area contributed by atoms with Crippen LogP contribution in [0, 0.1) is 40.4 Å². The molecule has 148 valence electrons. The summed E-state index contributed by atoms with van der Waals surface area (Å²) in [5.41, 5.74) is -0.836. The lowest BCUT2D eigenvalue weighted by Crippen LogP contribution is -2.60. The lowest BCUT2D eigenvalue weighted by Gasteiger charge is -2.60. The second-order valence-corrected chi connectivity index (χ2v) is 10.8. The minimum atomic E-state index is -0.818. The van der Waals surface area contributed by atoms with E-state index in [2.05, 4.69) is 54.4 Å². The van der Waals surface area contributed by atoms with E-state index in [9.17, 15) is 9.90 Å². The minimum absolute atomic E-state index is 0.0699. The van der Waals surface area contributed by atoms with Crippen LogP contribution in [-0.2, 0) is 4.79 Å². The van der Waals surface area contributed by atoms with Crippen molar-refractivity contribution in [3.63, 3.8) is 0 Å². The third-order valence-electron chi connectivity index (χ3n) is 8.79. The maximum Gasteiger partial charge on any atom is 0.246 e. The summed E-state index contributed by atoms with van der Waals surface area (Å²) in [5.74, 6) is 8.49. The van der Waals surface area contributed by atoms with Gasteiger partial charge in [-0.1, -0.05) is 54.4 Å². The fraction of sp³-hybridized carbons (Fsp3) is 0.783. The molecule has 0 aromatic carbocycles. The van der Waals surface area contributed by atoms with Gasteiger partial charge in [0.05, 0.1) is 0 Å². The van der Waals surface area contributed by atoms with Crippen LogP contribution in [0.25, 0.3) is 0 Å². The lowest BCUT2D eigenvalue weighted by molar-refractivity contribution is -0.143. The van der Waals surface area contributed by atoms with Crippen molar-refractivity contribution in [1.29, 1.82) is 0 Å². The molecule has 0 radical (unpaired) electrons. The van der Waals surface area contributed by atoms with Crippen molar-refractivity contribution < 1.29 is 9.90 Å². The highest BCUT2D eigenvalue weighted by molar-refractivity contribution is 14.1. The standard InChI is InChI=1S/C23H32INO2/c1-21-12-10-20(26)25(3)19(21)7-6-16-17(21)8-13-22(2)18(16)9-14-23(22,27)11-4-5-15-24/h10,12,16-19,27H,5-9,13-15H2,1-3H3/t16?,17?,18?,19?,21-,22+,23+/m1/s1. The predicted molar refractivity (Wildman–Crippen MR) is 116 cm³/mol. The Kier molecular flexibility index (Phi) is 4.95. The molecule has 4 aliphatic rings. The summed E-state index contributed by atoms with van der Waals surface area (Å²) < 4.78 is 1.02. The number of rotatable bonds is 1. The van der Waals surface area contributed by atoms with E-state index in [1.165, 1.54) is 6.42 Å². The summed E-state index contributed by atoms with van der Waals surface area (Å²) in [4.78, 5) is 14.2. The summed E-state index contributed by atoms with van der Waals surface area (Å²) in [6, 6.07) is 0.323. The van der Waals surface area contributed by atoms with Crippen LogP contribution in [0.2, 0.25) is 0 Å². The number of alkyl halides is 1. The van der Waals surface area contributed by atoms with Crippen LogP contribution >= 0.6 is 22.6 Å². The average molecular weight is 481 g/mol. The highest BCUT2D eigenvalue weighted by Gasteiger charge is 2.64. The Morgan fingerprint density at radius 1 is 1.22 bits per heavy atom. The molecule has 0 bridgehead atoms. The van der Waals surface area contributed by atoms with E-state index in [4.69, 9.17) is 0 Å². The molecule has 3 nitrogen and oxygen atoms in total. The first kappa shape index (κ1) is 19.8. The largest absolute Gasteiger partial charge is 0.377 e. The van der Waals surface area contributed by atoms with Gasteiger partial charge in [-0.05, 0) is 62.4 Å². The van der Waals surface area contributed by atoms with Gasteiger partial charge >= 0.3 is 0 Å². The van der Waals surface area contributed by atoms with Gasteiger partial charge < -0.3 is 10.0 Å². The Labute approximate surface area is 177 Å². The topological polar surface area (TPSA) is 40.5 Å². The summed E-state index contributed by atoms with van der Waals surface area (Å²) in [7, 11) is 1.97. The molecule has 0 aromatic heterocycles. The quantitative estimate of drug-likeness (QED) is 0.347. The van der Waals surface area contributed by atoms with Crippen LogP contribution in [0.15, 0.2) is 12.2 Å². The van der Waals surface area contributed by atoms with Crippen LogP contribution in [0.3, 0.4) is 0 Å². The lowest BCUT2D eigenvalue weighted by atomic mass is 9.47. The van der Waals surface area contributed by atoms with E-state index in [-0.39, 0.29) is 16.7 Å². The van der Waals surface area contributed by atoms with Crippen molar-refractivity contribution in [1.82, 2.24) is 4.90 Å². The monoisotopic (exact) mass is 481 g/mol. The maximum absolute atomic E-state index is 12.2. The molecule has 27 heavy (non-hydrogen) atoms. The predicted octanol–water partition coefficient (Wildman–Crippen LogP) is 4.19. The normalized spacial score (nSPS) is 48.3. The second kappa shape index (κ2) is 6.76. The van der Waals surface area contributed by atoms with Crippen molar-refractivity contribution in [2.24, 2.45) is 28.6 Å². The summed E-state index contributed by atoms with van der Waals surface area (Å²) >= 11 is 2.35. The van der Waals surface area contributed by atoms with E-state index < -0.39 is 5.60 Å². The highest BCUT2D eigenvalue weighted by Crippen LogP contribution is 2.66. The number of carbonyl (C=O) groups excluding carboxylic acids is 1. The average Bonchev–Trinajstić information content (AvgIpc) is 2.90. The van der Waals surface area contributed by atoms with Crippen molar-refractivity contribution in [2.45, 2.75) is 70.4 Å². The van der Waals surface area contributed by atoms with Crippen LogP contribution < -0.4 is 0 Å². The number of aliphatic hydroxyl groups is 1. The van der Waals surface area contributed by atoms with Crippen molar-refractivity contribution in [2.75, 3.05) is 11.5 Å². The summed E-state index contributed by atoms with van der Waals surface area (Å²) in [6.07, 6.45) is 11.2. The molecule has 1 aliphatic heterocycles. The zero-order valence-corrected chi connectivity index (χ0v) is 19.0. The van der Waals surface area contributed by atoms with Crippen LogP contribution in [0.5, 0.6) is 0 Å². The summed E-state index contributed by atoms with van der Waals surface area (Å²) in [5, 5.41) is 11.5. The molecule has 1 amide bonds. The zero-order valence-electron chi connectivity index (χ0n) is 16.8. The number of hydrogen-bond donors (Lipinski definition) is 1. The van der Waals surface area contributed by atoms with Crippen LogP contribution in [-0.4, -0.2) is 39.0 Å². The summed E-state index contributed by atoms with van der Waals surface area (Å²) in [6.45, 7) is 4.68. The second-order valence-electron chi connectivity index (χ2n) is 9.71. The number of carbonyl (C=O) groups is 1. The van der Waals surface area contributed by atoms with Gasteiger partial charge in [0.2, 0.25) is 5.91 Å². The van der Waals surface area contributed by atoms with Crippen LogP contribution in [0.4, 0.5) is 0 Å². The molecule has 4 unspecified atom stereocenters. The molecule has 3 aliphatic carbocycles. The Bertz CT molecular complexity index is 724. The number of hydrogen-bond acceptors (Lipinski definition) is 2. The third-order valence-corrected chi connectivity index (χ3v) is 9.33. The Hall–Kier alpha value is -0.540. The first-order valence-electron chi connectivity index (χ1n) is 10.5. The van der Waals surface area contributed by atoms with Crippen molar-refractivity contribution in [3.05, 3.63) is 12.2 Å². The van der Waals surface area contributed by atoms with Crippen molar-refractivity contribution >= 4 is 28.5 Å². The fourth-order valence-corrected chi connectivity index (χ4v) is 7.49. The molecule has 3 saturated carbocycles. The van der Waals surface area contributed by atoms with Gasteiger partial charge in [-0.2, -0.15) is 0 Å². The first-order valence-corrected chi connectivity index (χ1v) is 12.0. The SMILES string of the molecule is CN1C(=O)C=C[C@]2(C)C3CC[C@@]4(C)C(CC[C@@]4(O)C#CCCI)C3CCC12. The molecular formula is C23H32INO2. The molecule has 4 rings (SSSR count). The molecule has 1 heterocycles. The van der Waals surface area contributed by atoms with E-state index in [1.54, 1.807) is 6.08 Å². The van der Waals surface area contributed by atoms with Crippen molar-refractivity contribution in [3.8, 4) is 11.8 Å². The van der Waals surface area contributed by atoms with E-state index >= 15 is 0 Å². The molecule has 0 aromatic rings. The molecule has 7 atom stereocenters. The fourth-order valence-electron chi connectivity index (χ4n) is 7.22. The van der Waals surface area contributed by atoms with Gasteiger partial charge in [0.25, 0.3) is 0 Å². The molecule has 0 saturated heterocycles. The smallest absolute Gasteiger partial charge is 0.246 e. The van der Waals surface area contributed by atoms with Gasteiger partial charge in [0, 0.05) is 34.8 Å². The van der Waals surface area contributed by atoms with Gasteiger partial charge in [0.15, 0.2) is 0 Å². The maximum atomic E-state index is 12.2. The van der Waals surface area contributed by atoms with E-state index in [0.29, 0.717) is 23.8 Å². The molecule has 3 fully saturated rings. The van der Waals surface area contributed by atoms with E-state index in [1.807, 2.05) is 11.9 Å². The number of amides is 1. The van der Waals surface area contributed by atoms with Gasteiger partial charge in [-0.3, -0.25) is 4.79 Å². The van der Waals surface area contributed by atoms with Gasteiger partial charge in [-0.25, -0.2) is 0 Å². The molecular weight excluding hydrogens is 449 g/mol. The number of halogens is 1. The minimum Gasteiger partial charge on any atom is -0.377 e. The molecule has 4 heteroatoms. The third kappa shape index (κ3) is 2.74. The van der Waals surface area contributed by atoms with Gasteiger partial charge in [-0.15, -0.1) is 0 Å². The Morgan fingerprint density at radius 2 is 1.96 bits per heavy atom. The molecule has 0 spiro atoms. The highest BCUT2D eigenvalue weighted by atomic mass is 127.